The van der Waals surface area contributed by atoms with Crippen LogP contribution in [-0.4, -0.2) is 39.2 Å². The highest BCUT2D eigenvalue weighted by Gasteiger charge is 2.36. The zero-order valence-corrected chi connectivity index (χ0v) is 16.9. The molecule has 0 spiro atoms. The minimum absolute atomic E-state index is 0.145. The molecule has 0 saturated carbocycles. The lowest BCUT2D eigenvalue weighted by atomic mass is 9.94. The lowest BCUT2D eigenvalue weighted by Crippen LogP contribution is -2.38. The van der Waals surface area contributed by atoms with Gasteiger partial charge in [-0.15, -0.1) is 11.3 Å². The molecule has 0 radical (unpaired) electrons. The lowest BCUT2D eigenvalue weighted by molar-refractivity contribution is -0.133. The molecule has 5 nitrogen and oxygen atoms in total. The Labute approximate surface area is 164 Å². The van der Waals surface area contributed by atoms with E-state index in [1.807, 2.05) is 5.38 Å². The number of aliphatic imine (C=N–C) groups is 1. The Balaban J connectivity index is 2.23. The number of allylic oxidation sites excluding steroid dienone is 1. The summed E-state index contributed by atoms with van der Waals surface area (Å²) in [6.07, 6.45) is 1.67. The van der Waals surface area contributed by atoms with Crippen LogP contribution in [0.2, 0.25) is 0 Å². The van der Waals surface area contributed by atoms with Crippen molar-refractivity contribution in [2.45, 2.75) is 6.04 Å². The predicted molar refractivity (Wildman–Crippen MR) is 102 cm³/mol. The summed E-state index contributed by atoms with van der Waals surface area (Å²) < 4.78 is 14.0. The molecule has 1 aromatic carbocycles. The predicted octanol–water partition coefficient (Wildman–Crippen LogP) is 4.21. The summed E-state index contributed by atoms with van der Waals surface area (Å²) in [5.41, 5.74) is 1.20. The van der Waals surface area contributed by atoms with Crippen LogP contribution in [0, 0.1) is 5.82 Å². The third-order valence-electron chi connectivity index (χ3n) is 3.78. The summed E-state index contributed by atoms with van der Waals surface area (Å²) >= 11 is 8.09. The lowest BCUT2D eigenvalue weighted by Gasteiger charge is -2.35. The Morgan fingerprint density at radius 2 is 2.24 bits per heavy atom. The van der Waals surface area contributed by atoms with Crippen molar-refractivity contribution in [1.29, 1.82) is 0 Å². The average molecular weight is 489 g/mol. The Morgan fingerprint density at radius 1 is 1.48 bits per heavy atom. The molecule has 0 bridgehead atoms. The van der Waals surface area contributed by atoms with Crippen molar-refractivity contribution in [3.63, 3.8) is 0 Å². The molecule has 1 aliphatic rings. The normalized spacial score (nSPS) is 17.7. The molecule has 3 rings (SSSR count). The van der Waals surface area contributed by atoms with Crippen LogP contribution in [0.25, 0.3) is 0 Å². The van der Waals surface area contributed by atoms with Crippen molar-refractivity contribution in [3.8, 4) is 0 Å². The largest absolute Gasteiger partial charge is 0.478 e. The highest BCUT2D eigenvalue weighted by Crippen LogP contribution is 2.39. The smallest absolute Gasteiger partial charge is 0.335 e. The zero-order chi connectivity index (χ0) is 18.1. The van der Waals surface area contributed by atoms with Crippen LogP contribution in [0.4, 0.5) is 4.39 Å². The van der Waals surface area contributed by atoms with Crippen LogP contribution in [-0.2, 0) is 4.79 Å². The first kappa shape index (κ1) is 18.2. The van der Waals surface area contributed by atoms with Crippen molar-refractivity contribution in [2.75, 3.05) is 12.4 Å². The quantitative estimate of drug-likeness (QED) is 0.654. The van der Waals surface area contributed by atoms with Crippen LogP contribution >= 0.6 is 43.2 Å². The van der Waals surface area contributed by atoms with E-state index in [0.29, 0.717) is 26.6 Å². The number of aromatic nitrogens is 1. The van der Waals surface area contributed by atoms with Crippen LogP contribution < -0.4 is 0 Å². The Kier molecular flexibility index (Phi) is 5.35. The molecule has 0 fully saturated rings. The number of hydrogen-bond acceptors (Lipinski definition) is 5. The van der Waals surface area contributed by atoms with Gasteiger partial charge in [0.25, 0.3) is 0 Å². The summed E-state index contributed by atoms with van der Waals surface area (Å²) in [5, 5.41) is 12.6. The number of hydrogen-bond donors (Lipinski definition) is 1. The number of aliphatic carboxylic acids is 1. The molecule has 1 unspecified atom stereocenters. The summed E-state index contributed by atoms with van der Waals surface area (Å²) in [6, 6.07) is 3.60. The first-order chi connectivity index (χ1) is 11.9. The number of halogens is 3. The number of nitrogens with zero attached hydrogens (tertiary/aromatic N) is 3. The van der Waals surface area contributed by atoms with E-state index in [0.717, 1.165) is 0 Å². The molecule has 0 amide bonds. The van der Waals surface area contributed by atoms with Gasteiger partial charge in [-0.3, -0.25) is 0 Å². The standard InChI is InChI=1S/C16H12Br2FN3O2S/c1-22-13(9-3-2-8(19)6-10(9)18)12(16(23)24)11(7-17)21-14(22)15-20-4-5-25-15/h2-6,13H,7H2,1H3,(H,23,24). The van der Waals surface area contributed by atoms with Gasteiger partial charge in [0.15, 0.2) is 10.8 Å². The van der Waals surface area contributed by atoms with Gasteiger partial charge in [0, 0.05) is 28.4 Å². The summed E-state index contributed by atoms with van der Waals surface area (Å²) in [7, 11) is 1.76. The monoisotopic (exact) mass is 487 g/mol. The van der Waals surface area contributed by atoms with Gasteiger partial charge in [-0.25, -0.2) is 19.2 Å². The average Bonchev–Trinajstić information content (AvgIpc) is 3.09. The maximum atomic E-state index is 13.5. The molecule has 0 saturated heterocycles. The highest BCUT2D eigenvalue weighted by molar-refractivity contribution is 9.10. The van der Waals surface area contributed by atoms with Crippen LogP contribution in [0.1, 0.15) is 16.6 Å². The van der Waals surface area contributed by atoms with E-state index < -0.39 is 17.8 Å². The number of thiazole rings is 1. The molecule has 2 aromatic rings. The van der Waals surface area contributed by atoms with Crippen molar-refractivity contribution in [3.05, 3.63) is 61.9 Å². The number of carboxylic acids is 1. The van der Waals surface area contributed by atoms with E-state index in [9.17, 15) is 14.3 Å². The number of rotatable bonds is 4. The van der Waals surface area contributed by atoms with E-state index >= 15 is 0 Å². The minimum atomic E-state index is -1.07. The van der Waals surface area contributed by atoms with Crippen LogP contribution in [0.3, 0.4) is 0 Å². The number of carboxylic acid groups (broad SMARTS) is 1. The van der Waals surface area contributed by atoms with Gasteiger partial charge in [-0.05, 0) is 17.7 Å². The topological polar surface area (TPSA) is 65.8 Å². The van der Waals surface area contributed by atoms with E-state index in [2.05, 4.69) is 41.8 Å². The van der Waals surface area contributed by atoms with Crippen LogP contribution in [0.15, 0.2) is 50.5 Å². The van der Waals surface area contributed by atoms with Gasteiger partial charge >= 0.3 is 5.97 Å². The molecule has 2 heterocycles. The van der Waals surface area contributed by atoms with Gasteiger partial charge in [0.2, 0.25) is 0 Å². The van der Waals surface area contributed by atoms with Crippen molar-refractivity contribution >= 4 is 55.0 Å². The second kappa shape index (κ2) is 7.35. The van der Waals surface area contributed by atoms with Gasteiger partial charge in [-0.2, -0.15) is 0 Å². The molecule has 0 aliphatic carbocycles. The maximum absolute atomic E-state index is 13.5. The highest BCUT2D eigenvalue weighted by atomic mass is 79.9. The third kappa shape index (κ3) is 3.40. The minimum Gasteiger partial charge on any atom is -0.478 e. The SMILES string of the molecule is CN1C(c2nccs2)=NC(CBr)=C(C(=O)O)C1c1ccc(F)cc1Br. The Bertz CT molecular complexity index is 884. The molecule has 1 aromatic heterocycles. The van der Waals surface area contributed by atoms with Gasteiger partial charge in [0.05, 0.1) is 17.3 Å². The maximum Gasteiger partial charge on any atom is 0.335 e. The Morgan fingerprint density at radius 3 is 2.80 bits per heavy atom. The molecular formula is C16H12Br2FN3O2S. The molecule has 25 heavy (non-hydrogen) atoms. The number of benzene rings is 1. The summed E-state index contributed by atoms with van der Waals surface area (Å²) in [5.74, 6) is -0.885. The third-order valence-corrected chi connectivity index (χ3v) is 5.77. The molecule has 1 atom stereocenters. The van der Waals surface area contributed by atoms with E-state index in [1.165, 1.54) is 23.5 Å². The fourth-order valence-corrected chi connectivity index (χ4v) is 4.37. The van der Waals surface area contributed by atoms with Crippen molar-refractivity contribution < 1.29 is 14.3 Å². The van der Waals surface area contributed by atoms with E-state index in [4.69, 9.17) is 0 Å². The molecular weight excluding hydrogens is 477 g/mol. The summed E-state index contributed by atoms with van der Waals surface area (Å²) in [4.78, 5) is 22.5. The van der Waals surface area contributed by atoms with Crippen molar-refractivity contribution in [1.82, 2.24) is 9.88 Å². The summed E-state index contributed by atoms with van der Waals surface area (Å²) in [6.45, 7) is 0. The number of carbonyl (C=O) groups is 1. The Hall–Kier alpha value is -1.58. The van der Waals surface area contributed by atoms with E-state index in [-0.39, 0.29) is 10.9 Å². The second-order valence-electron chi connectivity index (χ2n) is 5.25. The van der Waals surface area contributed by atoms with Crippen LogP contribution in [0.5, 0.6) is 0 Å². The fraction of sp³-hybridized carbons (Fsp3) is 0.188. The number of alkyl halides is 1. The molecule has 130 valence electrons. The van der Waals surface area contributed by atoms with E-state index in [1.54, 1.807) is 24.2 Å². The number of likely N-dealkylation sites (N-methyl/N-ethyl adjacent to an activating group) is 1. The second-order valence-corrected chi connectivity index (χ2v) is 7.56. The van der Waals surface area contributed by atoms with Gasteiger partial charge in [0.1, 0.15) is 5.82 Å². The first-order valence-electron chi connectivity index (χ1n) is 7.12. The molecule has 1 aliphatic heterocycles. The van der Waals surface area contributed by atoms with Gasteiger partial charge < -0.3 is 10.0 Å². The zero-order valence-electron chi connectivity index (χ0n) is 12.9. The van der Waals surface area contributed by atoms with Gasteiger partial charge in [-0.1, -0.05) is 37.9 Å². The van der Waals surface area contributed by atoms with Crippen molar-refractivity contribution in [2.24, 2.45) is 4.99 Å². The fourth-order valence-electron chi connectivity index (χ4n) is 2.70. The molecule has 9 heteroatoms. The first-order valence-corrected chi connectivity index (χ1v) is 9.92. The molecule has 1 N–H and O–H groups in total. The number of amidine groups is 1.